The molecule has 1 heterocycles. The van der Waals surface area contributed by atoms with Crippen LogP contribution in [0.25, 0.3) is 0 Å². The molecule has 21 heavy (non-hydrogen) atoms. The molecule has 1 aromatic rings. The van der Waals surface area contributed by atoms with Crippen LogP contribution in [0.2, 0.25) is 5.02 Å². The Labute approximate surface area is 130 Å². The third-order valence-electron chi connectivity index (χ3n) is 3.42. The van der Waals surface area contributed by atoms with Crippen molar-refractivity contribution in [2.45, 2.75) is 13.3 Å². The lowest BCUT2D eigenvalue weighted by Crippen LogP contribution is -2.34. The minimum absolute atomic E-state index is 0.0237. The average molecular weight is 331 g/mol. The Morgan fingerprint density at radius 2 is 2.10 bits per heavy atom. The number of benzene rings is 1. The molecule has 1 saturated heterocycles. The van der Waals surface area contributed by atoms with Crippen molar-refractivity contribution < 1.29 is 13.2 Å². The molecule has 116 valence electrons. The predicted octanol–water partition coefficient (Wildman–Crippen LogP) is 2.03. The molecule has 1 amide bonds. The fourth-order valence-corrected chi connectivity index (χ4v) is 3.79. The van der Waals surface area contributed by atoms with Gasteiger partial charge in [-0.25, -0.2) is 8.42 Å². The van der Waals surface area contributed by atoms with E-state index in [0.717, 1.165) is 5.69 Å². The average Bonchev–Trinajstić information content (AvgIpc) is 2.61. The Hall–Kier alpha value is -1.27. The highest BCUT2D eigenvalue weighted by atomic mass is 35.5. The Kier molecular flexibility index (Phi) is 5.11. The number of nitrogens with zero attached hydrogens (tertiary/aromatic N) is 1. The minimum atomic E-state index is -3.03. The van der Waals surface area contributed by atoms with E-state index in [-0.39, 0.29) is 24.0 Å². The molecule has 1 fully saturated rings. The van der Waals surface area contributed by atoms with Gasteiger partial charge in [0.05, 0.1) is 17.1 Å². The normalized spacial score (nSPS) is 18.1. The van der Waals surface area contributed by atoms with Crippen LogP contribution >= 0.6 is 11.6 Å². The van der Waals surface area contributed by atoms with Gasteiger partial charge in [0.25, 0.3) is 5.91 Å². The first-order valence-electron chi connectivity index (χ1n) is 6.96. The zero-order valence-corrected chi connectivity index (χ0v) is 13.5. The van der Waals surface area contributed by atoms with Gasteiger partial charge < -0.3 is 10.2 Å². The number of anilines is 1. The van der Waals surface area contributed by atoms with Gasteiger partial charge in [0.1, 0.15) is 0 Å². The monoisotopic (exact) mass is 330 g/mol. The molecule has 7 heteroatoms. The van der Waals surface area contributed by atoms with Crippen molar-refractivity contribution in [3.8, 4) is 0 Å². The minimum Gasteiger partial charge on any atom is -0.385 e. The Morgan fingerprint density at radius 1 is 1.33 bits per heavy atom. The molecule has 1 aromatic carbocycles. The number of amides is 1. The number of sulfone groups is 1. The second-order valence-corrected chi connectivity index (χ2v) is 7.76. The van der Waals surface area contributed by atoms with E-state index in [9.17, 15) is 13.2 Å². The van der Waals surface area contributed by atoms with Crippen LogP contribution in [0.15, 0.2) is 18.2 Å². The summed E-state index contributed by atoms with van der Waals surface area (Å²) in [5.41, 5.74) is 1.21. The molecule has 5 nitrogen and oxygen atoms in total. The van der Waals surface area contributed by atoms with Crippen LogP contribution in [-0.4, -0.2) is 50.4 Å². The first-order valence-corrected chi connectivity index (χ1v) is 9.16. The SMILES string of the molecule is CCNc1ccc(Cl)cc1C(=O)N1CCCS(=O)(=O)CC1. The van der Waals surface area contributed by atoms with E-state index in [1.807, 2.05) is 6.92 Å². The van der Waals surface area contributed by atoms with Crippen LogP contribution in [0.3, 0.4) is 0 Å². The molecule has 0 bridgehead atoms. The summed E-state index contributed by atoms with van der Waals surface area (Å²) >= 11 is 5.98. The lowest BCUT2D eigenvalue weighted by molar-refractivity contribution is 0.0769. The highest BCUT2D eigenvalue weighted by Gasteiger charge is 2.24. The maximum absolute atomic E-state index is 12.6. The summed E-state index contributed by atoms with van der Waals surface area (Å²) < 4.78 is 23.3. The van der Waals surface area contributed by atoms with Crippen molar-refractivity contribution in [3.63, 3.8) is 0 Å². The molecule has 1 aliphatic rings. The van der Waals surface area contributed by atoms with Gasteiger partial charge in [-0.3, -0.25) is 4.79 Å². The van der Waals surface area contributed by atoms with Crippen LogP contribution in [-0.2, 0) is 9.84 Å². The van der Waals surface area contributed by atoms with Crippen LogP contribution in [0, 0.1) is 0 Å². The third kappa shape index (κ3) is 4.11. The molecule has 2 rings (SSSR count). The number of carbonyl (C=O) groups is 1. The van der Waals surface area contributed by atoms with Crippen LogP contribution < -0.4 is 5.32 Å². The van der Waals surface area contributed by atoms with E-state index in [4.69, 9.17) is 11.6 Å². The fourth-order valence-electron chi connectivity index (χ4n) is 2.35. The van der Waals surface area contributed by atoms with Gasteiger partial charge in [0.15, 0.2) is 9.84 Å². The van der Waals surface area contributed by atoms with Crippen molar-refractivity contribution in [1.29, 1.82) is 0 Å². The molecule has 1 aliphatic heterocycles. The summed E-state index contributed by atoms with van der Waals surface area (Å²) in [6.45, 7) is 3.33. The number of rotatable bonds is 3. The quantitative estimate of drug-likeness (QED) is 0.921. The van der Waals surface area contributed by atoms with Gasteiger partial charge in [-0.15, -0.1) is 0 Å². The number of carbonyl (C=O) groups excluding carboxylic acids is 1. The van der Waals surface area contributed by atoms with E-state index in [1.54, 1.807) is 23.1 Å². The maximum atomic E-state index is 12.6. The summed E-state index contributed by atoms with van der Waals surface area (Å²) in [7, 11) is -3.03. The van der Waals surface area contributed by atoms with Gasteiger partial charge in [0, 0.05) is 30.3 Å². The highest BCUT2D eigenvalue weighted by molar-refractivity contribution is 7.91. The summed E-state index contributed by atoms with van der Waals surface area (Å²) in [5, 5.41) is 3.62. The number of hydrogen-bond acceptors (Lipinski definition) is 4. The second-order valence-electron chi connectivity index (χ2n) is 5.02. The maximum Gasteiger partial charge on any atom is 0.256 e. The molecule has 0 saturated carbocycles. The van der Waals surface area contributed by atoms with E-state index < -0.39 is 9.84 Å². The van der Waals surface area contributed by atoms with Crippen molar-refractivity contribution >= 4 is 33.0 Å². The number of hydrogen-bond donors (Lipinski definition) is 1. The Morgan fingerprint density at radius 3 is 2.81 bits per heavy atom. The molecule has 1 N–H and O–H groups in total. The fraction of sp³-hybridized carbons (Fsp3) is 0.500. The second kappa shape index (κ2) is 6.66. The predicted molar refractivity (Wildman–Crippen MR) is 84.8 cm³/mol. The van der Waals surface area contributed by atoms with Crippen molar-refractivity contribution in [2.75, 3.05) is 36.5 Å². The third-order valence-corrected chi connectivity index (χ3v) is 5.37. The van der Waals surface area contributed by atoms with E-state index in [1.165, 1.54) is 0 Å². The van der Waals surface area contributed by atoms with Crippen molar-refractivity contribution in [3.05, 3.63) is 28.8 Å². The van der Waals surface area contributed by atoms with Gasteiger partial charge >= 0.3 is 0 Å². The summed E-state index contributed by atoms with van der Waals surface area (Å²) in [6, 6.07) is 5.12. The molecular weight excluding hydrogens is 312 g/mol. The molecular formula is C14H19ClN2O3S. The topological polar surface area (TPSA) is 66.5 Å². The van der Waals surface area contributed by atoms with Gasteiger partial charge in [-0.05, 0) is 31.5 Å². The van der Waals surface area contributed by atoms with Gasteiger partial charge in [-0.2, -0.15) is 0 Å². The molecule has 0 atom stereocenters. The van der Waals surface area contributed by atoms with Crippen LogP contribution in [0.1, 0.15) is 23.7 Å². The van der Waals surface area contributed by atoms with E-state index in [0.29, 0.717) is 30.1 Å². The first-order chi connectivity index (χ1) is 9.93. The number of halogens is 1. The first kappa shape index (κ1) is 16.1. The lowest BCUT2D eigenvalue weighted by Gasteiger charge is -2.21. The van der Waals surface area contributed by atoms with Gasteiger partial charge in [-0.1, -0.05) is 11.6 Å². The smallest absolute Gasteiger partial charge is 0.256 e. The summed E-state index contributed by atoms with van der Waals surface area (Å²) in [6.07, 6.45) is 0.477. The summed E-state index contributed by atoms with van der Waals surface area (Å²) in [4.78, 5) is 14.2. The van der Waals surface area contributed by atoms with Crippen LogP contribution in [0.5, 0.6) is 0 Å². The standard InChI is InChI=1S/C14H19ClN2O3S/c1-2-16-13-5-4-11(15)10-12(13)14(18)17-6-3-8-21(19,20)9-7-17/h4-5,10,16H,2-3,6-9H2,1H3. The van der Waals surface area contributed by atoms with E-state index >= 15 is 0 Å². The van der Waals surface area contributed by atoms with Gasteiger partial charge in [0.2, 0.25) is 0 Å². The highest BCUT2D eigenvalue weighted by Crippen LogP contribution is 2.23. The van der Waals surface area contributed by atoms with E-state index in [2.05, 4.69) is 5.32 Å². The Bertz CT molecular complexity index is 631. The zero-order chi connectivity index (χ0) is 15.5. The molecule has 0 radical (unpaired) electrons. The number of nitrogens with one attached hydrogen (secondary N) is 1. The molecule has 0 aromatic heterocycles. The van der Waals surface area contributed by atoms with Crippen LogP contribution in [0.4, 0.5) is 5.69 Å². The Balaban J connectivity index is 2.25. The van der Waals surface area contributed by atoms with Crippen molar-refractivity contribution in [2.24, 2.45) is 0 Å². The molecule has 0 unspecified atom stereocenters. The zero-order valence-electron chi connectivity index (χ0n) is 11.9. The molecule has 0 aliphatic carbocycles. The largest absolute Gasteiger partial charge is 0.385 e. The van der Waals surface area contributed by atoms with Crippen molar-refractivity contribution in [1.82, 2.24) is 4.90 Å². The molecule has 0 spiro atoms. The lowest BCUT2D eigenvalue weighted by atomic mass is 10.1. The summed E-state index contributed by atoms with van der Waals surface area (Å²) in [5.74, 6) is -0.00653.